The summed E-state index contributed by atoms with van der Waals surface area (Å²) in [6.45, 7) is 6.53. The Morgan fingerprint density at radius 2 is 2.00 bits per heavy atom. The molecule has 1 aliphatic heterocycles. The molecule has 0 radical (unpaired) electrons. The van der Waals surface area contributed by atoms with Crippen LogP contribution in [0.25, 0.3) is 0 Å². The van der Waals surface area contributed by atoms with Gasteiger partial charge in [-0.1, -0.05) is 32.0 Å². The van der Waals surface area contributed by atoms with Gasteiger partial charge in [-0.15, -0.1) is 0 Å². The predicted octanol–water partition coefficient (Wildman–Crippen LogP) is 3.60. The van der Waals surface area contributed by atoms with Crippen molar-refractivity contribution in [3.63, 3.8) is 0 Å². The third kappa shape index (κ3) is 2.19. The number of anilines is 3. The number of aromatic nitrogens is 2. The fourth-order valence-electron chi connectivity index (χ4n) is 3.27. The largest absolute Gasteiger partial charge is 0.394 e. The molecule has 0 fully saturated rings. The van der Waals surface area contributed by atoms with E-state index in [4.69, 9.17) is 5.73 Å². The molecule has 1 aromatic carbocycles. The lowest BCUT2D eigenvalue weighted by Crippen LogP contribution is -2.35. The molecule has 1 aromatic heterocycles. The normalized spacial score (nSPS) is 18.1. The molecule has 0 saturated carbocycles. The predicted molar refractivity (Wildman–Crippen MR) is 88.1 cm³/mol. The van der Waals surface area contributed by atoms with Crippen LogP contribution in [0.3, 0.4) is 0 Å². The zero-order valence-corrected chi connectivity index (χ0v) is 13.3. The molecule has 0 saturated heterocycles. The van der Waals surface area contributed by atoms with Crippen LogP contribution in [-0.2, 0) is 13.5 Å². The Balaban J connectivity index is 2.16. The first-order valence-electron chi connectivity index (χ1n) is 7.70. The van der Waals surface area contributed by atoms with Crippen LogP contribution in [0.1, 0.15) is 44.4 Å². The Hall–Kier alpha value is -1.97. The zero-order chi connectivity index (χ0) is 15.1. The number of nitrogens with zero attached hydrogens (tertiary/aromatic N) is 3. The summed E-state index contributed by atoms with van der Waals surface area (Å²) in [6, 6.07) is 9.04. The van der Waals surface area contributed by atoms with E-state index in [2.05, 4.69) is 55.0 Å². The molecular formula is C17H24N4. The molecule has 0 amide bonds. The minimum absolute atomic E-state index is 0.334. The summed E-state index contributed by atoms with van der Waals surface area (Å²) < 4.78 is 1.93. The Kier molecular flexibility index (Phi) is 3.40. The Morgan fingerprint density at radius 3 is 2.67 bits per heavy atom. The van der Waals surface area contributed by atoms with E-state index in [1.54, 1.807) is 0 Å². The van der Waals surface area contributed by atoms with Crippen LogP contribution >= 0.6 is 0 Å². The van der Waals surface area contributed by atoms with Gasteiger partial charge in [-0.25, -0.2) is 0 Å². The monoisotopic (exact) mass is 284 g/mol. The summed E-state index contributed by atoms with van der Waals surface area (Å²) in [7, 11) is 1.99. The van der Waals surface area contributed by atoms with Crippen molar-refractivity contribution >= 4 is 17.2 Å². The van der Waals surface area contributed by atoms with Crippen LogP contribution in [0.5, 0.6) is 0 Å². The summed E-state index contributed by atoms with van der Waals surface area (Å²) in [4.78, 5) is 2.35. The molecule has 0 bridgehead atoms. The average molecular weight is 284 g/mol. The van der Waals surface area contributed by atoms with E-state index in [1.807, 2.05) is 11.7 Å². The summed E-state index contributed by atoms with van der Waals surface area (Å²) in [5.41, 5.74) is 10.9. The Morgan fingerprint density at radius 1 is 1.29 bits per heavy atom. The Bertz CT molecular complexity index is 657. The molecule has 2 heterocycles. The number of fused-ring (bicyclic) bond motifs is 1. The van der Waals surface area contributed by atoms with E-state index in [-0.39, 0.29) is 0 Å². The third-order valence-corrected chi connectivity index (χ3v) is 4.38. The minimum atomic E-state index is 0.334. The van der Waals surface area contributed by atoms with Crippen LogP contribution in [0.2, 0.25) is 0 Å². The number of nitrogens with two attached hydrogens (primary N) is 1. The second-order valence-electron chi connectivity index (χ2n) is 6.29. The van der Waals surface area contributed by atoms with Gasteiger partial charge in [-0.2, -0.15) is 5.10 Å². The molecule has 2 N–H and O–H groups in total. The average Bonchev–Trinajstić information content (AvgIpc) is 2.75. The SMILES string of the molecule is CC(C)c1nn(C)c(N2c3ccccc3CCC2C)c1N. The third-order valence-electron chi connectivity index (χ3n) is 4.38. The fourth-order valence-corrected chi connectivity index (χ4v) is 3.27. The number of hydrogen-bond acceptors (Lipinski definition) is 3. The molecule has 0 spiro atoms. The first-order chi connectivity index (χ1) is 10.0. The van der Waals surface area contributed by atoms with E-state index in [0.717, 1.165) is 30.0 Å². The first-order valence-corrected chi connectivity index (χ1v) is 7.70. The summed E-state index contributed by atoms with van der Waals surface area (Å²) >= 11 is 0. The lowest BCUT2D eigenvalue weighted by Gasteiger charge is -2.37. The second-order valence-corrected chi connectivity index (χ2v) is 6.29. The van der Waals surface area contributed by atoms with E-state index < -0.39 is 0 Å². The van der Waals surface area contributed by atoms with Crippen LogP contribution < -0.4 is 10.6 Å². The molecule has 21 heavy (non-hydrogen) atoms. The van der Waals surface area contributed by atoms with Crippen molar-refractivity contribution in [1.82, 2.24) is 9.78 Å². The van der Waals surface area contributed by atoms with E-state index in [1.165, 1.54) is 11.3 Å². The second kappa shape index (κ2) is 5.10. The number of nitrogen functional groups attached to an aromatic ring is 1. The first kappa shape index (κ1) is 14.0. The van der Waals surface area contributed by atoms with E-state index in [9.17, 15) is 0 Å². The lowest BCUT2D eigenvalue weighted by atomic mass is 9.96. The quantitative estimate of drug-likeness (QED) is 0.916. The highest BCUT2D eigenvalue weighted by molar-refractivity contribution is 5.76. The van der Waals surface area contributed by atoms with Gasteiger partial charge in [0.2, 0.25) is 0 Å². The van der Waals surface area contributed by atoms with Gasteiger partial charge in [0.25, 0.3) is 0 Å². The van der Waals surface area contributed by atoms with Crippen LogP contribution in [0, 0.1) is 0 Å². The minimum Gasteiger partial charge on any atom is -0.394 e. The molecular weight excluding hydrogens is 260 g/mol. The summed E-state index contributed by atoms with van der Waals surface area (Å²) in [5, 5.41) is 4.64. The molecule has 2 aromatic rings. The lowest BCUT2D eigenvalue weighted by molar-refractivity contribution is 0.597. The Labute approximate surface area is 126 Å². The molecule has 4 heteroatoms. The summed E-state index contributed by atoms with van der Waals surface area (Å²) in [6.07, 6.45) is 2.27. The maximum atomic E-state index is 6.43. The van der Waals surface area contributed by atoms with Crippen LogP contribution in [0.15, 0.2) is 24.3 Å². The number of benzene rings is 1. The summed E-state index contributed by atoms with van der Waals surface area (Å²) in [5.74, 6) is 1.36. The van der Waals surface area contributed by atoms with Gasteiger partial charge in [-0.3, -0.25) is 4.68 Å². The van der Waals surface area contributed by atoms with Crippen molar-refractivity contribution in [3.8, 4) is 0 Å². The molecule has 0 aliphatic carbocycles. The topological polar surface area (TPSA) is 47.1 Å². The van der Waals surface area contributed by atoms with E-state index in [0.29, 0.717) is 12.0 Å². The molecule has 112 valence electrons. The van der Waals surface area contributed by atoms with Crippen molar-refractivity contribution in [2.45, 2.75) is 45.6 Å². The van der Waals surface area contributed by atoms with Crippen molar-refractivity contribution < 1.29 is 0 Å². The molecule has 1 aliphatic rings. The van der Waals surface area contributed by atoms with Gasteiger partial charge in [0.1, 0.15) is 0 Å². The van der Waals surface area contributed by atoms with Gasteiger partial charge < -0.3 is 10.6 Å². The van der Waals surface area contributed by atoms with E-state index >= 15 is 0 Å². The molecule has 1 unspecified atom stereocenters. The molecule has 3 rings (SSSR count). The fraction of sp³-hybridized carbons (Fsp3) is 0.471. The van der Waals surface area contributed by atoms with Crippen molar-refractivity contribution in [2.24, 2.45) is 7.05 Å². The highest BCUT2D eigenvalue weighted by Crippen LogP contribution is 2.41. The highest BCUT2D eigenvalue weighted by atomic mass is 15.4. The molecule has 4 nitrogen and oxygen atoms in total. The maximum absolute atomic E-state index is 6.43. The van der Waals surface area contributed by atoms with Crippen molar-refractivity contribution in [2.75, 3.05) is 10.6 Å². The van der Waals surface area contributed by atoms with Crippen molar-refractivity contribution in [3.05, 3.63) is 35.5 Å². The van der Waals surface area contributed by atoms with Gasteiger partial charge in [-0.05, 0) is 37.3 Å². The highest BCUT2D eigenvalue weighted by Gasteiger charge is 2.29. The number of rotatable bonds is 2. The van der Waals surface area contributed by atoms with Gasteiger partial charge in [0, 0.05) is 18.8 Å². The molecule has 1 atom stereocenters. The smallest absolute Gasteiger partial charge is 0.155 e. The van der Waals surface area contributed by atoms with Gasteiger partial charge in [0.05, 0.1) is 11.4 Å². The number of para-hydroxylation sites is 1. The number of hydrogen-bond donors (Lipinski definition) is 1. The standard InChI is InChI=1S/C17H24N4/c1-11(2)16-15(18)17(20(4)19-16)21-12(3)9-10-13-7-5-6-8-14(13)21/h5-8,11-12H,9-10,18H2,1-4H3. The van der Waals surface area contributed by atoms with Crippen molar-refractivity contribution in [1.29, 1.82) is 0 Å². The maximum Gasteiger partial charge on any atom is 0.155 e. The van der Waals surface area contributed by atoms with Gasteiger partial charge >= 0.3 is 0 Å². The number of aryl methyl sites for hydroxylation is 2. The van der Waals surface area contributed by atoms with Gasteiger partial charge in [0.15, 0.2) is 5.82 Å². The zero-order valence-electron chi connectivity index (χ0n) is 13.3. The van der Waals surface area contributed by atoms with Crippen LogP contribution in [0.4, 0.5) is 17.2 Å². The van der Waals surface area contributed by atoms with Crippen LogP contribution in [-0.4, -0.2) is 15.8 Å².